The molecule has 3 N–H and O–H groups in total. The fourth-order valence-corrected chi connectivity index (χ4v) is 2.60. The monoisotopic (exact) mass is 322 g/mol. The van der Waals surface area contributed by atoms with Gasteiger partial charge in [-0.1, -0.05) is 23.6 Å². The molecule has 6 nitrogen and oxygen atoms in total. The zero-order valence-electron chi connectivity index (χ0n) is 11.6. The Morgan fingerprint density at radius 1 is 1.50 bits per heavy atom. The Morgan fingerprint density at radius 3 is 2.82 bits per heavy atom. The number of carbonyl (C=O) groups is 2. The van der Waals surface area contributed by atoms with Gasteiger partial charge in [0.2, 0.25) is 5.91 Å². The minimum absolute atomic E-state index is 0.0644. The Labute approximate surface area is 132 Å². The van der Waals surface area contributed by atoms with Crippen molar-refractivity contribution >= 4 is 23.6 Å². The SMILES string of the molecule is C#Cc1ccc(CNC(=O)[C@@H]2C[C@@H](O)CN2C(=O)O)c(Cl)c1. The molecule has 116 valence electrons. The number of benzene rings is 1. The van der Waals surface area contributed by atoms with E-state index in [1.165, 1.54) is 0 Å². The van der Waals surface area contributed by atoms with Crippen LogP contribution < -0.4 is 5.32 Å². The number of hydrogen-bond acceptors (Lipinski definition) is 3. The number of β-amino-alcohol motifs (C(OH)–C–C–N with tert-alkyl or cyclic N) is 1. The molecule has 1 saturated heterocycles. The predicted molar refractivity (Wildman–Crippen MR) is 80.4 cm³/mol. The van der Waals surface area contributed by atoms with E-state index in [1.54, 1.807) is 18.2 Å². The molecule has 0 aromatic heterocycles. The summed E-state index contributed by atoms with van der Waals surface area (Å²) in [5, 5.41) is 21.6. The summed E-state index contributed by atoms with van der Waals surface area (Å²) in [4.78, 5) is 24.1. The molecule has 1 heterocycles. The van der Waals surface area contributed by atoms with E-state index >= 15 is 0 Å². The number of amides is 2. The lowest BCUT2D eigenvalue weighted by molar-refractivity contribution is -0.125. The number of likely N-dealkylation sites (tertiary alicyclic amines) is 1. The fourth-order valence-electron chi connectivity index (χ4n) is 2.35. The lowest BCUT2D eigenvalue weighted by Crippen LogP contribution is -2.45. The van der Waals surface area contributed by atoms with Crippen LogP contribution in [0.25, 0.3) is 0 Å². The number of rotatable bonds is 3. The molecule has 0 aliphatic carbocycles. The molecule has 22 heavy (non-hydrogen) atoms. The van der Waals surface area contributed by atoms with Crippen LogP contribution in [0.15, 0.2) is 18.2 Å². The van der Waals surface area contributed by atoms with Crippen molar-refractivity contribution in [2.75, 3.05) is 6.54 Å². The highest BCUT2D eigenvalue weighted by atomic mass is 35.5. The Morgan fingerprint density at radius 2 is 2.23 bits per heavy atom. The molecule has 1 fully saturated rings. The molecule has 7 heteroatoms. The van der Waals surface area contributed by atoms with E-state index in [0.717, 1.165) is 4.90 Å². The number of nitrogens with zero attached hydrogens (tertiary/aromatic N) is 1. The molecule has 2 atom stereocenters. The van der Waals surface area contributed by atoms with Gasteiger partial charge < -0.3 is 15.5 Å². The second-order valence-electron chi connectivity index (χ2n) is 5.01. The molecule has 1 aliphatic heterocycles. The quantitative estimate of drug-likeness (QED) is 0.726. The molecule has 0 spiro atoms. The van der Waals surface area contributed by atoms with Gasteiger partial charge >= 0.3 is 6.09 Å². The van der Waals surface area contributed by atoms with E-state index in [4.69, 9.17) is 23.1 Å². The maximum Gasteiger partial charge on any atom is 0.408 e. The van der Waals surface area contributed by atoms with Gasteiger partial charge in [-0.2, -0.15) is 0 Å². The highest BCUT2D eigenvalue weighted by Crippen LogP contribution is 2.20. The lowest BCUT2D eigenvalue weighted by atomic mass is 10.1. The van der Waals surface area contributed by atoms with Crippen LogP contribution in [0.3, 0.4) is 0 Å². The number of nitrogens with one attached hydrogen (secondary N) is 1. The summed E-state index contributed by atoms with van der Waals surface area (Å²) in [5.41, 5.74) is 1.31. The number of terminal acetylenes is 1. The summed E-state index contributed by atoms with van der Waals surface area (Å²) in [6.07, 6.45) is 3.30. The zero-order valence-corrected chi connectivity index (χ0v) is 12.4. The smallest absolute Gasteiger partial charge is 0.408 e. The molecule has 1 aliphatic rings. The Kier molecular flexibility index (Phi) is 4.91. The van der Waals surface area contributed by atoms with Gasteiger partial charge in [-0.05, 0) is 17.7 Å². The standard InChI is InChI=1S/C15H15ClN2O4/c1-2-9-3-4-10(12(16)5-9)7-17-14(20)13-6-11(19)8-18(13)15(21)22/h1,3-5,11,13,19H,6-8H2,(H,17,20)(H,21,22)/t11-,13+/m1/s1. The van der Waals surface area contributed by atoms with Gasteiger partial charge in [0.1, 0.15) is 6.04 Å². The second-order valence-corrected chi connectivity index (χ2v) is 5.42. The Bertz CT molecular complexity index is 641. The second kappa shape index (κ2) is 6.69. The summed E-state index contributed by atoms with van der Waals surface area (Å²) in [7, 11) is 0. The zero-order chi connectivity index (χ0) is 16.3. The first-order chi connectivity index (χ1) is 10.4. The third-order valence-electron chi connectivity index (χ3n) is 3.50. The highest BCUT2D eigenvalue weighted by Gasteiger charge is 2.38. The van der Waals surface area contributed by atoms with E-state index in [-0.39, 0.29) is 19.5 Å². The molecule has 0 unspecified atom stereocenters. The summed E-state index contributed by atoms with van der Waals surface area (Å²) in [5.74, 6) is 1.99. The first kappa shape index (κ1) is 16.1. The minimum Gasteiger partial charge on any atom is -0.465 e. The third-order valence-corrected chi connectivity index (χ3v) is 3.85. The Hall–Kier alpha value is -2.23. The van der Waals surface area contributed by atoms with Crippen molar-refractivity contribution in [3.8, 4) is 12.3 Å². The van der Waals surface area contributed by atoms with Crippen LogP contribution in [-0.2, 0) is 11.3 Å². The van der Waals surface area contributed by atoms with Crippen LogP contribution in [-0.4, -0.2) is 45.8 Å². The van der Waals surface area contributed by atoms with E-state index in [9.17, 15) is 14.7 Å². The van der Waals surface area contributed by atoms with Crippen molar-refractivity contribution in [2.45, 2.75) is 25.1 Å². The molecule has 0 saturated carbocycles. The number of aliphatic hydroxyl groups is 1. The largest absolute Gasteiger partial charge is 0.465 e. The van der Waals surface area contributed by atoms with Gasteiger partial charge in [-0.25, -0.2) is 4.79 Å². The van der Waals surface area contributed by atoms with Crippen LogP contribution in [0, 0.1) is 12.3 Å². The molecule has 2 amide bonds. The van der Waals surface area contributed by atoms with Gasteiger partial charge in [-0.3, -0.25) is 9.69 Å². The number of hydrogen-bond donors (Lipinski definition) is 3. The molecule has 0 radical (unpaired) electrons. The van der Waals surface area contributed by atoms with Gasteiger partial charge in [0.05, 0.1) is 12.6 Å². The van der Waals surface area contributed by atoms with Gasteiger partial charge in [0, 0.05) is 23.6 Å². The molecule has 2 rings (SSSR count). The molecular formula is C15H15ClN2O4. The number of aliphatic hydroxyl groups excluding tert-OH is 1. The van der Waals surface area contributed by atoms with Crippen molar-refractivity contribution in [2.24, 2.45) is 0 Å². The van der Waals surface area contributed by atoms with Gasteiger partial charge in [0.15, 0.2) is 0 Å². The Balaban J connectivity index is 2.01. The van der Waals surface area contributed by atoms with E-state index in [2.05, 4.69) is 11.2 Å². The molecular weight excluding hydrogens is 308 g/mol. The number of carboxylic acid groups (broad SMARTS) is 1. The lowest BCUT2D eigenvalue weighted by Gasteiger charge is -2.20. The van der Waals surface area contributed by atoms with Crippen LogP contribution in [0.5, 0.6) is 0 Å². The van der Waals surface area contributed by atoms with Crippen LogP contribution >= 0.6 is 11.6 Å². The summed E-state index contributed by atoms with van der Waals surface area (Å²) >= 11 is 6.06. The van der Waals surface area contributed by atoms with Crippen LogP contribution in [0.1, 0.15) is 17.5 Å². The van der Waals surface area contributed by atoms with Crippen LogP contribution in [0.4, 0.5) is 4.79 Å². The summed E-state index contributed by atoms with van der Waals surface area (Å²) < 4.78 is 0. The van der Waals surface area contributed by atoms with Crippen LogP contribution in [0.2, 0.25) is 5.02 Å². The normalized spacial score (nSPS) is 20.5. The summed E-state index contributed by atoms with van der Waals surface area (Å²) in [6.45, 7) is 0.0909. The maximum absolute atomic E-state index is 12.1. The van der Waals surface area contributed by atoms with Gasteiger partial charge in [-0.15, -0.1) is 6.42 Å². The molecule has 0 bridgehead atoms. The van der Waals surface area contributed by atoms with Crippen molar-refractivity contribution in [1.29, 1.82) is 0 Å². The summed E-state index contributed by atoms with van der Waals surface area (Å²) in [6, 6.07) is 4.13. The predicted octanol–water partition coefficient (Wildman–Crippen LogP) is 1.05. The maximum atomic E-state index is 12.1. The first-order valence-electron chi connectivity index (χ1n) is 6.62. The van der Waals surface area contributed by atoms with Gasteiger partial charge in [0.25, 0.3) is 0 Å². The topological polar surface area (TPSA) is 89.9 Å². The first-order valence-corrected chi connectivity index (χ1v) is 7.00. The average Bonchev–Trinajstić information content (AvgIpc) is 2.88. The van der Waals surface area contributed by atoms with Crippen molar-refractivity contribution in [1.82, 2.24) is 10.2 Å². The van der Waals surface area contributed by atoms with Crippen molar-refractivity contribution < 1.29 is 19.8 Å². The molecule has 1 aromatic rings. The van der Waals surface area contributed by atoms with E-state index < -0.39 is 24.1 Å². The molecule has 1 aromatic carbocycles. The highest BCUT2D eigenvalue weighted by molar-refractivity contribution is 6.31. The fraction of sp³-hybridized carbons (Fsp3) is 0.333. The minimum atomic E-state index is -1.23. The average molecular weight is 323 g/mol. The van der Waals surface area contributed by atoms with Crippen molar-refractivity contribution in [3.05, 3.63) is 34.3 Å². The number of carbonyl (C=O) groups excluding carboxylic acids is 1. The van der Waals surface area contributed by atoms with E-state index in [1.807, 2.05) is 0 Å². The van der Waals surface area contributed by atoms with Crippen molar-refractivity contribution in [3.63, 3.8) is 0 Å². The number of halogens is 1. The third kappa shape index (κ3) is 3.50. The van der Waals surface area contributed by atoms with E-state index in [0.29, 0.717) is 16.1 Å².